The predicted molar refractivity (Wildman–Crippen MR) is 91.8 cm³/mol. The minimum Gasteiger partial charge on any atom is -0.497 e. The highest BCUT2D eigenvalue weighted by Gasteiger charge is 2.44. The van der Waals surface area contributed by atoms with Gasteiger partial charge in [-0.2, -0.15) is 0 Å². The van der Waals surface area contributed by atoms with Gasteiger partial charge in [0.2, 0.25) is 5.16 Å². The Bertz CT molecular complexity index is 740. The lowest BCUT2D eigenvalue weighted by Gasteiger charge is -2.39. The Balaban J connectivity index is 1.79. The zero-order valence-corrected chi connectivity index (χ0v) is 14.7. The van der Waals surface area contributed by atoms with Crippen LogP contribution in [-0.4, -0.2) is 78.9 Å². The van der Waals surface area contributed by atoms with Crippen molar-refractivity contribution in [1.82, 2.24) is 14.9 Å². The van der Waals surface area contributed by atoms with Gasteiger partial charge in [-0.25, -0.2) is 4.68 Å². The lowest BCUT2D eigenvalue weighted by Crippen LogP contribution is -2.57. The Hall–Kier alpha value is -1.89. The van der Waals surface area contributed by atoms with E-state index < -0.39 is 36.5 Å². The second-order valence-corrected chi connectivity index (χ2v) is 6.79. The number of benzene rings is 1. The summed E-state index contributed by atoms with van der Waals surface area (Å²) in [6.07, 6.45) is -5.27. The summed E-state index contributed by atoms with van der Waals surface area (Å²) in [5.74, 6) is 7.12. The van der Waals surface area contributed by atoms with Crippen molar-refractivity contribution in [2.45, 2.75) is 35.0 Å². The van der Waals surface area contributed by atoms with E-state index in [4.69, 9.17) is 15.3 Å². The van der Waals surface area contributed by atoms with Gasteiger partial charge in [-0.15, -0.1) is 10.2 Å². The minimum absolute atomic E-state index is 0.236. The molecule has 5 atom stereocenters. The van der Waals surface area contributed by atoms with Crippen molar-refractivity contribution in [1.29, 1.82) is 0 Å². The molecule has 0 unspecified atom stereocenters. The van der Waals surface area contributed by atoms with Gasteiger partial charge in [0.1, 0.15) is 35.6 Å². The van der Waals surface area contributed by atoms with E-state index in [1.165, 1.54) is 4.68 Å². The van der Waals surface area contributed by atoms with Crippen LogP contribution in [0.3, 0.4) is 0 Å². The Morgan fingerprint density at radius 1 is 1.15 bits per heavy atom. The molecular formula is C15H20N4O6S. The molecule has 1 aliphatic heterocycles. The average molecular weight is 384 g/mol. The molecular weight excluding hydrogens is 364 g/mol. The predicted octanol–water partition coefficient (Wildman–Crippen LogP) is -1.44. The summed E-state index contributed by atoms with van der Waals surface area (Å²) < 4.78 is 11.8. The molecule has 0 saturated carbocycles. The van der Waals surface area contributed by atoms with Crippen molar-refractivity contribution in [2.24, 2.45) is 0 Å². The number of methoxy groups -OCH3 is 1. The third kappa shape index (κ3) is 3.49. The van der Waals surface area contributed by atoms with Crippen LogP contribution < -0.4 is 10.6 Å². The van der Waals surface area contributed by atoms with E-state index in [9.17, 15) is 20.4 Å². The summed E-state index contributed by atoms with van der Waals surface area (Å²) >= 11 is 0.933. The molecule has 10 nitrogen and oxygen atoms in total. The van der Waals surface area contributed by atoms with Gasteiger partial charge in [-0.1, -0.05) is 0 Å². The van der Waals surface area contributed by atoms with Gasteiger partial charge in [0, 0.05) is 5.56 Å². The Morgan fingerprint density at radius 2 is 1.85 bits per heavy atom. The lowest BCUT2D eigenvalue weighted by molar-refractivity contribution is -0.205. The number of ether oxygens (including phenoxy) is 2. The Morgan fingerprint density at radius 3 is 2.46 bits per heavy atom. The molecule has 0 spiro atoms. The second kappa shape index (κ2) is 7.78. The van der Waals surface area contributed by atoms with Crippen molar-refractivity contribution >= 4 is 11.8 Å². The van der Waals surface area contributed by atoms with Crippen LogP contribution in [-0.2, 0) is 4.74 Å². The van der Waals surface area contributed by atoms with E-state index in [1.807, 2.05) is 0 Å². The minimum atomic E-state index is -1.46. The quantitative estimate of drug-likeness (QED) is 0.387. The van der Waals surface area contributed by atoms with Crippen LogP contribution in [0, 0.1) is 0 Å². The number of hydrogen-bond donors (Lipinski definition) is 5. The highest BCUT2D eigenvalue weighted by atomic mass is 32.2. The number of hydrogen-bond acceptors (Lipinski definition) is 10. The van der Waals surface area contributed by atoms with E-state index in [1.54, 1.807) is 31.4 Å². The van der Waals surface area contributed by atoms with Crippen molar-refractivity contribution in [2.75, 3.05) is 19.6 Å². The largest absolute Gasteiger partial charge is 0.497 e. The number of aromatic nitrogens is 3. The molecule has 1 saturated heterocycles. The van der Waals surface area contributed by atoms with Crippen LogP contribution >= 0.6 is 11.8 Å². The summed E-state index contributed by atoms with van der Waals surface area (Å²) in [7, 11) is 1.57. The molecule has 0 radical (unpaired) electrons. The fourth-order valence-corrected chi connectivity index (χ4v) is 3.56. The van der Waals surface area contributed by atoms with Crippen molar-refractivity contribution in [3.05, 3.63) is 24.3 Å². The van der Waals surface area contributed by atoms with Gasteiger partial charge in [-0.05, 0) is 36.0 Å². The van der Waals surface area contributed by atoms with E-state index in [0.29, 0.717) is 17.1 Å². The number of rotatable bonds is 5. The summed E-state index contributed by atoms with van der Waals surface area (Å²) in [5.41, 5.74) is -0.276. The molecule has 142 valence electrons. The molecule has 3 rings (SSSR count). The van der Waals surface area contributed by atoms with Gasteiger partial charge < -0.3 is 35.7 Å². The number of thioether (sulfide) groups is 1. The Kier molecular flexibility index (Phi) is 5.65. The molecule has 0 aliphatic carbocycles. The topological polar surface area (TPSA) is 156 Å². The van der Waals surface area contributed by atoms with Gasteiger partial charge in [0.05, 0.1) is 13.7 Å². The zero-order chi connectivity index (χ0) is 18.8. The fourth-order valence-electron chi connectivity index (χ4n) is 2.56. The standard InChI is InChI=1S/C15H20N4O6S/c1-24-8-4-2-7(3-5-8)13-17-18-15(19(13)16)26-14-12(23)11(22)10(21)9(6-20)25-14/h2-5,9-12,14,20-23H,6,16H2,1H3/t9-,10-,11+,12-,14+/m1/s1. The third-order valence-electron chi connectivity index (χ3n) is 4.08. The molecule has 1 aromatic heterocycles. The van der Waals surface area contributed by atoms with E-state index in [0.717, 1.165) is 11.8 Å². The van der Waals surface area contributed by atoms with Gasteiger partial charge in [0.15, 0.2) is 5.82 Å². The monoisotopic (exact) mass is 384 g/mol. The van der Waals surface area contributed by atoms with Gasteiger partial charge >= 0.3 is 0 Å². The van der Waals surface area contributed by atoms with Crippen LogP contribution in [0.15, 0.2) is 29.4 Å². The van der Waals surface area contributed by atoms with Crippen LogP contribution in [0.2, 0.25) is 0 Å². The number of nitrogens with zero attached hydrogens (tertiary/aromatic N) is 3. The van der Waals surface area contributed by atoms with Crippen molar-refractivity contribution in [3.63, 3.8) is 0 Å². The molecule has 2 aromatic rings. The SMILES string of the molecule is COc1ccc(-c2nnc(S[C@@H]3O[C@H](CO)[C@@H](O)[C@H](O)[C@H]3O)n2N)cc1. The van der Waals surface area contributed by atoms with E-state index in [2.05, 4.69) is 10.2 Å². The van der Waals surface area contributed by atoms with Gasteiger partial charge in [-0.3, -0.25) is 0 Å². The van der Waals surface area contributed by atoms with Crippen LogP contribution in [0.5, 0.6) is 5.75 Å². The van der Waals surface area contributed by atoms with Crippen LogP contribution in [0.1, 0.15) is 0 Å². The third-order valence-corrected chi connectivity index (χ3v) is 5.19. The Labute approximate surface area is 153 Å². The summed E-state index contributed by atoms with van der Waals surface area (Å²) in [4.78, 5) is 0. The first-order chi connectivity index (χ1) is 12.5. The maximum atomic E-state index is 10.1. The van der Waals surface area contributed by atoms with Gasteiger partial charge in [0.25, 0.3) is 0 Å². The molecule has 0 bridgehead atoms. The highest BCUT2D eigenvalue weighted by molar-refractivity contribution is 7.99. The molecule has 11 heteroatoms. The van der Waals surface area contributed by atoms with E-state index in [-0.39, 0.29) is 5.16 Å². The van der Waals surface area contributed by atoms with E-state index >= 15 is 0 Å². The first-order valence-corrected chi connectivity index (χ1v) is 8.66. The van der Waals surface area contributed by atoms with Crippen molar-refractivity contribution in [3.8, 4) is 17.1 Å². The lowest BCUT2D eigenvalue weighted by atomic mass is 10.0. The average Bonchev–Trinajstić information content (AvgIpc) is 3.02. The van der Waals surface area contributed by atoms with Crippen LogP contribution in [0.4, 0.5) is 0 Å². The molecule has 1 aliphatic rings. The van der Waals surface area contributed by atoms with Crippen LogP contribution in [0.25, 0.3) is 11.4 Å². The fraction of sp³-hybridized carbons (Fsp3) is 0.467. The summed E-state index contributed by atoms with van der Waals surface area (Å²) in [6.45, 7) is -0.506. The first-order valence-electron chi connectivity index (χ1n) is 7.78. The maximum Gasteiger partial charge on any atom is 0.212 e. The summed E-state index contributed by atoms with van der Waals surface area (Å²) in [5, 5.41) is 47.3. The number of nitrogens with two attached hydrogens (primary N) is 1. The van der Waals surface area contributed by atoms with Crippen molar-refractivity contribution < 1.29 is 29.9 Å². The maximum absolute atomic E-state index is 10.1. The number of nitrogen functional groups attached to an aromatic ring is 1. The molecule has 6 N–H and O–H groups in total. The highest BCUT2D eigenvalue weighted by Crippen LogP contribution is 2.33. The second-order valence-electron chi connectivity index (χ2n) is 5.72. The molecule has 1 fully saturated rings. The smallest absolute Gasteiger partial charge is 0.212 e. The normalized spacial score (nSPS) is 28.9. The first kappa shape index (κ1) is 18.9. The molecule has 0 amide bonds. The number of aliphatic hydroxyl groups excluding tert-OH is 4. The number of aliphatic hydroxyl groups is 4. The molecule has 26 heavy (non-hydrogen) atoms. The molecule has 1 aromatic carbocycles. The summed E-state index contributed by atoms with van der Waals surface area (Å²) in [6, 6.07) is 7.06. The molecule has 2 heterocycles. The zero-order valence-electron chi connectivity index (χ0n) is 13.8.